The van der Waals surface area contributed by atoms with Gasteiger partial charge in [0.1, 0.15) is 0 Å². The molecule has 0 saturated carbocycles. The Hall–Kier alpha value is -3.25. The molecule has 32 heavy (non-hydrogen) atoms. The van der Waals surface area contributed by atoms with Crippen molar-refractivity contribution < 1.29 is 0 Å². The Morgan fingerprint density at radius 1 is 0.969 bits per heavy atom. The Morgan fingerprint density at radius 3 is 2.41 bits per heavy atom. The van der Waals surface area contributed by atoms with Gasteiger partial charge in [-0.25, -0.2) is 9.97 Å². The minimum Gasteiger partial charge on any atom is -0.324 e. The number of fused-ring (bicyclic) bond motifs is 1. The van der Waals surface area contributed by atoms with E-state index in [0.717, 1.165) is 33.5 Å². The molecule has 4 aromatic rings. The van der Waals surface area contributed by atoms with Crippen molar-refractivity contribution in [3.63, 3.8) is 0 Å². The van der Waals surface area contributed by atoms with E-state index < -0.39 is 0 Å². The van der Waals surface area contributed by atoms with Crippen molar-refractivity contribution in [3.8, 4) is 11.1 Å². The van der Waals surface area contributed by atoms with Gasteiger partial charge in [0.25, 0.3) is 0 Å². The quantitative estimate of drug-likeness (QED) is 0.486. The van der Waals surface area contributed by atoms with Crippen LogP contribution in [-0.2, 0) is 7.05 Å². The van der Waals surface area contributed by atoms with E-state index in [-0.39, 0.29) is 0 Å². The predicted molar refractivity (Wildman–Crippen MR) is 130 cm³/mol. The first-order chi connectivity index (χ1) is 15.5. The molecule has 1 saturated heterocycles. The summed E-state index contributed by atoms with van der Waals surface area (Å²) in [7, 11) is 4.18. The Kier molecular flexibility index (Phi) is 5.39. The molecule has 6 nitrogen and oxygen atoms in total. The van der Waals surface area contributed by atoms with Crippen LogP contribution in [0.4, 0.5) is 11.6 Å². The fraction of sp³-hybridized carbons (Fsp3) is 0.346. The van der Waals surface area contributed by atoms with E-state index >= 15 is 0 Å². The highest BCUT2D eigenvalue weighted by Gasteiger charge is 2.18. The van der Waals surface area contributed by atoms with Crippen molar-refractivity contribution >= 4 is 22.5 Å². The summed E-state index contributed by atoms with van der Waals surface area (Å²) in [5.74, 6) is 1.27. The van der Waals surface area contributed by atoms with Gasteiger partial charge in [-0.05, 0) is 82.1 Å². The van der Waals surface area contributed by atoms with E-state index in [1.807, 2.05) is 17.9 Å². The molecule has 0 radical (unpaired) electrons. The number of piperidine rings is 1. The normalized spacial score (nSPS) is 15.4. The third kappa shape index (κ3) is 3.98. The fourth-order valence-corrected chi connectivity index (χ4v) is 4.74. The fourth-order valence-electron chi connectivity index (χ4n) is 4.74. The molecule has 1 N–H and O–H groups in total. The largest absolute Gasteiger partial charge is 0.324 e. The van der Waals surface area contributed by atoms with Gasteiger partial charge in [-0.2, -0.15) is 5.10 Å². The number of hydrogen-bond acceptors (Lipinski definition) is 5. The number of hydrogen-bond donors (Lipinski definition) is 1. The maximum absolute atomic E-state index is 4.79. The highest BCUT2D eigenvalue weighted by atomic mass is 15.3. The standard InChI is InChI=1S/C26H30N6/c1-17-25(18(2)32(4)30-17)21-5-6-22-16-27-26(29-24(22)15-21)28-23-9-7-19(8-10-23)20-11-13-31(3)14-12-20/h5-10,15-16,20H,11-14H2,1-4H3,(H,27,28,29). The van der Waals surface area contributed by atoms with Gasteiger partial charge in [-0.3, -0.25) is 4.68 Å². The van der Waals surface area contributed by atoms with Gasteiger partial charge >= 0.3 is 0 Å². The first-order valence-corrected chi connectivity index (χ1v) is 11.3. The highest BCUT2D eigenvalue weighted by molar-refractivity contribution is 5.85. The van der Waals surface area contributed by atoms with Crippen molar-refractivity contribution in [2.75, 3.05) is 25.5 Å². The Bertz CT molecular complexity index is 1250. The number of anilines is 2. The highest BCUT2D eigenvalue weighted by Crippen LogP contribution is 2.30. The van der Waals surface area contributed by atoms with Crippen molar-refractivity contribution in [2.24, 2.45) is 7.05 Å². The smallest absolute Gasteiger partial charge is 0.227 e. The summed E-state index contributed by atoms with van der Waals surface area (Å²) in [4.78, 5) is 11.7. The topological polar surface area (TPSA) is 58.9 Å². The Morgan fingerprint density at radius 2 is 1.72 bits per heavy atom. The second-order valence-corrected chi connectivity index (χ2v) is 8.96. The summed E-state index contributed by atoms with van der Waals surface area (Å²) in [6.07, 6.45) is 4.34. The van der Waals surface area contributed by atoms with E-state index in [2.05, 4.69) is 83.7 Å². The lowest BCUT2D eigenvalue weighted by Gasteiger charge is -2.29. The van der Waals surface area contributed by atoms with Crippen LogP contribution in [0, 0.1) is 13.8 Å². The van der Waals surface area contributed by atoms with Crippen LogP contribution in [0.5, 0.6) is 0 Å². The average molecular weight is 427 g/mol. The SMILES string of the molecule is Cc1nn(C)c(C)c1-c1ccc2cnc(Nc3ccc(C4CCN(C)CC4)cc3)nc2c1. The second-order valence-electron chi connectivity index (χ2n) is 8.96. The lowest BCUT2D eigenvalue weighted by atomic mass is 9.89. The summed E-state index contributed by atoms with van der Waals surface area (Å²) >= 11 is 0. The van der Waals surface area contributed by atoms with E-state index in [1.165, 1.54) is 37.1 Å². The molecule has 0 bridgehead atoms. The van der Waals surface area contributed by atoms with Crippen molar-refractivity contribution in [1.82, 2.24) is 24.6 Å². The number of aromatic nitrogens is 4. The Balaban J connectivity index is 1.37. The predicted octanol–water partition coefficient (Wildman–Crippen LogP) is 5.20. The molecule has 5 rings (SSSR count). The number of rotatable bonds is 4. The average Bonchev–Trinajstić information content (AvgIpc) is 3.05. The van der Waals surface area contributed by atoms with Crippen LogP contribution in [0.2, 0.25) is 0 Å². The minimum absolute atomic E-state index is 0.612. The lowest BCUT2D eigenvalue weighted by molar-refractivity contribution is 0.255. The summed E-state index contributed by atoms with van der Waals surface area (Å²) in [5, 5.41) is 8.95. The van der Waals surface area contributed by atoms with Gasteiger partial charge in [-0.1, -0.05) is 24.3 Å². The van der Waals surface area contributed by atoms with E-state index in [1.54, 1.807) is 0 Å². The first kappa shape index (κ1) is 20.6. The monoisotopic (exact) mass is 426 g/mol. The molecular weight excluding hydrogens is 396 g/mol. The number of nitrogens with one attached hydrogen (secondary N) is 1. The molecule has 164 valence electrons. The zero-order valence-electron chi connectivity index (χ0n) is 19.3. The Labute approximate surface area is 189 Å². The molecule has 0 amide bonds. The molecule has 1 aliphatic heterocycles. The van der Waals surface area contributed by atoms with E-state index in [0.29, 0.717) is 11.9 Å². The first-order valence-electron chi connectivity index (χ1n) is 11.3. The minimum atomic E-state index is 0.612. The lowest BCUT2D eigenvalue weighted by Crippen LogP contribution is -2.29. The van der Waals surface area contributed by atoms with Crippen LogP contribution in [0.1, 0.15) is 35.7 Å². The third-order valence-electron chi connectivity index (χ3n) is 6.74. The molecule has 6 heteroatoms. The number of aryl methyl sites for hydroxylation is 2. The van der Waals surface area contributed by atoms with E-state index in [9.17, 15) is 0 Å². The van der Waals surface area contributed by atoms with Crippen LogP contribution in [0.3, 0.4) is 0 Å². The summed E-state index contributed by atoms with van der Waals surface area (Å²) in [5.41, 5.74) is 7.84. The summed E-state index contributed by atoms with van der Waals surface area (Å²) < 4.78 is 1.93. The number of nitrogens with zero attached hydrogens (tertiary/aromatic N) is 5. The van der Waals surface area contributed by atoms with Gasteiger partial charge in [-0.15, -0.1) is 0 Å². The van der Waals surface area contributed by atoms with Crippen molar-refractivity contribution in [1.29, 1.82) is 0 Å². The maximum atomic E-state index is 4.79. The molecule has 0 aliphatic carbocycles. The summed E-state index contributed by atoms with van der Waals surface area (Å²) in [6.45, 7) is 6.50. The van der Waals surface area contributed by atoms with E-state index in [4.69, 9.17) is 4.98 Å². The van der Waals surface area contributed by atoms with Crippen LogP contribution in [0.25, 0.3) is 22.0 Å². The van der Waals surface area contributed by atoms with Gasteiger partial charge in [0, 0.05) is 35.6 Å². The van der Waals surface area contributed by atoms with Crippen molar-refractivity contribution in [2.45, 2.75) is 32.6 Å². The van der Waals surface area contributed by atoms with Crippen LogP contribution in [0.15, 0.2) is 48.7 Å². The van der Waals surface area contributed by atoms with Gasteiger partial charge in [0.05, 0.1) is 11.2 Å². The van der Waals surface area contributed by atoms with Gasteiger partial charge in [0.15, 0.2) is 0 Å². The maximum Gasteiger partial charge on any atom is 0.227 e. The molecule has 1 fully saturated rings. The van der Waals surface area contributed by atoms with Crippen LogP contribution < -0.4 is 5.32 Å². The zero-order valence-corrected chi connectivity index (χ0v) is 19.3. The van der Waals surface area contributed by atoms with Crippen LogP contribution in [-0.4, -0.2) is 44.8 Å². The molecule has 3 heterocycles. The zero-order chi connectivity index (χ0) is 22.2. The molecular formula is C26H30N6. The third-order valence-corrected chi connectivity index (χ3v) is 6.74. The molecule has 0 spiro atoms. The van der Waals surface area contributed by atoms with Gasteiger partial charge in [0.2, 0.25) is 5.95 Å². The van der Waals surface area contributed by atoms with Crippen molar-refractivity contribution in [3.05, 3.63) is 65.6 Å². The number of likely N-dealkylation sites (tertiary alicyclic amines) is 1. The van der Waals surface area contributed by atoms with Gasteiger partial charge < -0.3 is 10.2 Å². The summed E-state index contributed by atoms with van der Waals surface area (Å²) in [6, 6.07) is 15.1. The molecule has 0 unspecified atom stereocenters. The molecule has 0 atom stereocenters. The molecule has 2 aromatic heterocycles. The number of benzene rings is 2. The molecule has 2 aromatic carbocycles. The van der Waals surface area contributed by atoms with Crippen LogP contribution >= 0.6 is 0 Å². The molecule has 1 aliphatic rings. The second kappa shape index (κ2) is 8.36.